The number of hydrogen-bond acceptors (Lipinski definition) is 0. The fourth-order valence-electron chi connectivity index (χ4n) is 0.765. The molecule has 0 aliphatic carbocycles. The Balaban J connectivity index is 4.21. The van der Waals surface area contributed by atoms with Crippen LogP contribution < -0.4 is 0 Å². The van der Waals surface area contributed by atoms with Crippen molar-refractivity contribution in [1.29, 1.82) is 0 Å². The quantitative estimate of drug-likeness (QED) is 0.509. The maximum Gasteiger partial charge on any atom is -0.0176 e. The summed E-state index contributed by atoms with van der Waals surface area (Å²) in [6.07, 6.45) is 3.55. The predicted octanol–water partition coefficient (Wildman–Crippen LogP) is 4.42. The van der Waals surface area contributed by atoms with E-state index in [2.05, 4.69) is 54.5 Å². The molecule has 0 aliphatic heterocycles. The largest absolute Gasteiger partial charge is 0.0846 e. The van der Waals surface area contributed by atoms with E-state index in [0.29, 0.717) is 10.8 Å². The highest BCUT2D eigenvalue weighted by Crippen LogP contribution is 2.27. The van der Waals surface area contributed by atoms with Crippen LogP contribution in [-0.2, 0) is 0 Å². The van der Waals surface area contributed by atoms with Gasteiger partial charge in [0, 0.05) is 0 Å². The van der Waals surface area contributed by atoms with Gasteiger partial charge in [-0.1, -0.05) is 53.2 Å². The van der Waals surface area contributed by atoms with Gasteiger partial charge < -0.3 is 0 Å². The average molecular weight is 168 g/mol. The Morgan fingerprint density at radius 3 is 1.67 bits per heavy atom. The highest BCUT2D eigenvalue weighted by molar-refractivity contribution is 5.07. The summed E-state index contributed by atoms with van der Waals surface area (Å²) in [5, 5.41) is 0. The van der Waals surface area contributed by atoms with E-state index in [-0.39, 0.29) is 0 Å². The second kappa shape index (κ2) is 3.64. The first-order chi connectivity index (χ1) is 5.13. The molecule has 0 saturated heterocycles. The molecule has 0 aliphatic rings. The van der Waals surface area contributed by atoms with Gasteiger partial charge in [-0.25, -0.2) is 0 Å². The molecule has 72 valence electrons. The van der Waals surface area contributed by atoms with Crippen LogP contribution in [0.2, 0.25) is 0 Å². The first-order valence-electron chi connectivity index (χ1n) is 4.80. The van der Waals surface area contributed by atoms with Crippen molar-refractivity contribution in [1.82, 2.24) is 0 Å². The Kier molecular flexibility index (Phi) is 3.56. The Morgan fingerprint density at radius 2 is 1.42 bits per heavy atom. The normalized spacial score (nSPS) is 15.1. The molecule has 0 bridgehead atoms. The summed E-state index contributed by atoms with van der Waals surface area (Å²) in [5.41, 5.74) is 2.26. The molecule has 0 amide bonds. The van der Waals surface area contributed by atoms with Gasteiger partial charge in [-0.2, -0.15) is 0 Å². The lowest BCUT2D eigenvalue weighted by Crippen LogP contribution is -2.09. The van der Waals surface area contributed by atoms with Crippen LogP contribution in [0.15, 0.2) is 11.6 Å². The number of rotatable bonds is 1. The lowest BCUT2D eigenvalue weighted by atomic mass is 9.84. The zero-order valence-electron chi connectivity index (χ0n) is 9.78. The number of hydrogen-bond donors (Lipinski definition) is 0. The minimum absolute atomic E-state index is 0.339. The van der Waals surface area contributed by atoms with Crippen LogP contribution in [0.5, 0.6) is 0 Å². The van der Waals surface area contributed by atoms with Crippen LogP contribution in [0.3, 0.4) is 0 Å². The summed E-state index contributed by atoms with van der Waals surface area (Å²) >= 11 is 0. The zero-order valence-corrected chi connectivity index (χ0v) is 9.78. The average Bonchev–Trinajstić information content (AvgIpc) is 1.78. The van der Waals surface area contributed by atoms with Gasteiger partial charge in [0.05, 0.1) is 0 Å². The third kappa shape index (κ3) is 5.40. The fraction of sp³-hybridized carbons (Fsp3) is 0.833. The molecule has 0 N–H and O–H groups in total. The Hall–Kier alpha value is -0.260. The van der Waals surface area contributed by atoms with Crippen molar-refractivity contribution in [2.75, 3.05) is 0 Å². The van der Waals surface area contributed by atoms with Gasteiger partial charge in [0.2, 0.25) is 0 Å². The SMILES string of the molecule is C/C(=C\CC(C)(C)C)C(C)(C)C. The summed E-state index contributed by atoms with van der Waals surface area (Å²) in [4.78, 5) is 0. The van der Waals surface area contributed by atoms with Gasteiger partial charge in [0.25, 0.3) is 0 Å². The van der Waals surface area contributed by atoms with Crippen LogP contribution in [0, 0.1) is 10.8 Å². The summed E-state index contributed by atoms with van der Waals surface area (Å²) < 4.78 is 0. The van der Waals surface area contributed by atoms with Gasteiger partial charge in [0.15, 0.2) is 0 Å². The highest BCUT2D eigenvalue weighted by atomic mass is 14.2. The molecule has 0 atom stereocenters. The van der Waals surface area contributed by atoms with E-state index >= 15 is 0 Å². The third-order valence-corrected chi connectivity index (χ3v) is 2.20. The predicted molar refractivity (Wildman–Crippen MR) is 57.3 cm³/mol. The lowest BCUT2D eigenvalue weighted by Gasteiger charge is -2.22. The summed E-state index contributed by atoms with van der Waals surface area (Å²) in [6, 6.07) is 0. The van der Waals surface area contributed by atoms with Crippen molar-refractivity contribution < 1.29 is 0 Å². The molecule has 0 heteroatoms. The molecule has 0 aromatic rings. The minimum atomic E-state index is 0.339. The van der Waals surface area contributed by atoms with E-state index in [1.807, 2.05) is 0 Å². The van der Waals surface area contributed by atoms with Crippen molar-refractivity contribution in [3.8, 4) is 0 Å². The van der Waals surface area contributed by atoms with E-state index in [1.54, 1.807) is 0 Å². The van der Waals surface area contributed by atoms with E-state index in [0.717, 1.165) is 0 Å². The maximum atomic E-state index is 2.38. The van der Waals surface area contributed by atoms with Crippen LogP contribution in [0.1, 0.15) is 54.9 Å². The molecule has 0 radical (unpaired) electrons. The van der Waals surface area contributed by atoms with Gasteiger partial charge in [-0.15, -0.1) is 0 Å². The molecule has 0 heterocycles. The molecule has 0 aromatic carbocycles. The molecule has 0 spiro atoms. The molecule has 0 saturated carbocycles. The smallest absolute Gasteiger partial charge is 0.0176 e. The van der Waals surface area contributed by atoms with Gasteiger partial charge in [-0.3, -0.25) is 0 Å². The summed E-state index contributed by atoms with van der Waals surface area (Å²) in [5.74, 6) is 0. The second-order valence-corrected chi connectivity index (χ2v) is 5.90. The van der Waals surface area contributed by atoms with Crippen molar-refractivity contribution >= 4 is 0 Å². The van der Waals surface area contributed by atoms with Gasteiger partial charge in [0.1, 0.15) is 0 Å². The summed E-state index contributed by atoms with van der Waals surface area (Å²) in [7, 11) is 0. The Morgan fingerprint density at radius 1 is 1.00 bits per heavy atom. The Bertz CT molecular complexity index is 159. The number of allylic oxidation sites excluding steroid dienone is 2. The van der Waals surface area contributed by atoms with E-state index in [1.165, 1.54) is 12.0 Å². The molecule has 0 rings (SSSR count). The highest BCUT2D eigenvalue weighted by Gasteiger charge is 2.14. The van der Waals surface area contributed by atoms with Crippen molar-refractivity contribution in [3.63, 3.8) is 0 Å². The molecule has 0 fully saturated rings. The van der Waals surface area contributed by atoms with Gasteiger partial charge in [-0.05, 0) is 24.2 Å². The summed E-state index contributed by atoms with van der Waals surface area (Å²) in [6.45, 7) is 15.9. The van der Waals surface area contributed by atoms with Crippen LogP contribution in [0.4, 0.5) is 0 Å². The molecular formula is C12H24. The molecular weight excluding hydrogens is 144 g/mol. The fourth-order valence-corrected chi connectivity index (χ4v) is 0.765. The molecule has 0 unspecified atom stereocenters. The first-order valence-corrected chi connectivity index (χ1v) is 4.80. The lowest BCUT2D eigenvalue weighted by molar-refractivity contribution is 0.413. The zero-order chi connectivity index (χ0) is 9.99. The topological polar surface area (TPSA) is 0 Å². The van der Waals surface area contributed by atoms with Crippen LogP contribution in [-0.4, -0.2) is 0 Å². The van der Waals surface area contributed by atoms with E-state index < -0.39 is 0 Å². The van der Waals surface area contributed by atoms with Crippen molar-refractivity contribution in [2.24, 2.45) is 10.8 Å². The van der Waals surface area contributed by atoms with Crippen molar-refractivity contribution in [2.45, 2.75) is 54.9 Å². The van der Waals surface area contributed by atoms with Crippen LogP contribution >= 0.6 is 0 Å². The molecule has 0 nitrogen and oxygen atoms in total. The minimum Gasteiger partial charge on any atom is -0.0846 e. The van der Waals surface area contributed by atoms with Crippen LogP contribution in [0.25, 0.3) is 0 Å². The second-order valence-electron chi connectivity index (χ2n) is 5.90. The van der Waals surface area contributed by atoms with Crippen molar-refractivity contribution in [3.05, 3.63) is 11.6 Å². The molecule has 0 aromatic heterocycles. The molecule has 12 heavy (non-hydrogen) atoms. The first kappa shape index (κ1) is 11.7. The monoisotopic (exact) mass is 168 g/mol. The van der Waals surface area contributed by atoms with E-state index in [4.69, 9.17) is 0 Å². The standard InChI is InChI=1S/C12H24/c1-10(12(5,6)7)8-9-11(2,3)4/h8H,9H2,1-7H3/b10-8+. The third-order valence-electron chi connectivity index (χ3n) is 2.20. The van der Waals surface area contributed by atoms with E-state index in [9.17, 15) is 0 Å². The Labute approximate surface area is 78.1 Å². The maximum absolute atomic E-state index is 2.38. The van der Waals surface area contributed by atoms with Gasteiger partial charge >= 0.3 is 0 Å².